The largest absolute Gasteiger partial charge is 0.480 e. The van der Waals surface area contributed by atoms with Crippen LogP contribution in [-0.4, -0.2) is 71.4 Å². The van der Waals surface area contributed by atoms with E-state index in [1.807, 2.05) is 30.3 Å². The fraction of sp³-hybridized carbons (Fsp3) is 0.609. The average molecular weight is 428 g/mol. The van der Waals surface area contributed by atoms with E-state index in [1.54, 1.807) is 31.5 Å². The molecule has 1 heterocycles. The zero-order chi connectivity index (χ0) is 22.5. The molecule has 2 fully saturated rings. The first-order chi connectivity index (χ1) is 14.8. The minimum absolute atomic E-state index is 0.00480. The van der Waals surface area contributed by atoms with Crippen molar-refractivity contribution in [1.82, 2.24) is 9.71 Å². The van der Waals surface area contributed by atoms with Crippen LogP contribution in [0.1, 0.15) is 51.5 Å². The lowest BCUT2D eigenvalue weighted by molar-refractivity contribution is -0.154. The lowest BCUT2D eigenvalue weighted by Gasteiger charge is -2.36. The van der Waals surface area contributed by atoms with Gasteiger partial charge in [0.05, 0.1) is 18.7 Å². The van der Waals surface area contributed by atoms with Crippen LogP contribution in [0, 0.1) is 5.92 Å². The van der Waals surface area contributed by atoms with Crippen molar-refractivity contribution in [3.8, 4) is 0 Å². The third-order valence-corrected chi connectivity index (χ3v) is 6.95. The van der Waals surface area contributed by atoms with E-state index in [2.05, 4.69) is 0 Å². The molecule has 31 heavy (non-hydrogen) atoms. The zero-order valence-electron chi connectivity index (χ0n) is 18.7. The van der Waals surface area contributed by atoms with E-state index in [0.717, 1.165) is 24.8 Å². The summed E-state index contributed by atoms with van der Waals surface area (Å²) >= 11 is 0. The Morgan fingerprint density at radius 3 is 2.61 bits per heavy atom. The van der Waals surface area contributed by atoms with Crippen LogP contribution in [0.15, 0.2) is 30.3 Å². The number of benzene rings is 1. The van der Waals surface area contributed by atoms with Crippen molar-refractivity contribution in [2.45, 2.75) is 76.5 Å². The highest BCUT2D eigenvalue weighted by molar-refractivity contribution is 6.09. The Kier molecular flexibility index (Phi) is 7.76. The van der Waals surface area contributed by atoms with Crippen molar-refractivity contribution in [3.05, 3.63) is 35.9 Å². The molecule has 0 spiro atoms. The van der Waals surface area contributed by atoms with Crippen molar-refractivity contribution in [3.63, 3.8) is 0 Å². The average Bonchev–Trinajstić information content (AvgIpc) is 3.35. The standard InChI is InChI=1S/C23H33BN2O5/c1-3-31-23(30)19(13-12-16-8-5-4-6-9-16)26(24)15(2)21(27)25-18-11-7-10-17(18)14-20(25)22(28)29/h4-6,8-9,15,17-20H,3,7,10-14,24H2,1-2H3,(H,28,29)/t15-,17-,18-,19-,20-/m0/s1. The van der Waals surface area contributed by atoms with E-state index in [9.17, 15) is 19.5 Å². The first-order valence-electron chi connectivity index (χ1n) is 11.3. The molecule has 168 valence electrons. The molecule has 1 aliphatic carbocycles. The van der Waals surface area contributed by atoms with Gasteiger partial charge in [0.2, 0.25) is 5.91 Å². The van der Waals surface area contributed by atoms with Crippen molar-refractivity contribution in [1.29, 1.82) is 0 Å². The van der Waals surface area contributed by atoms with Crippen LogP contribution >= 0.6 is 0 Å². The molecule has 1 aromatic rings. The van der Waals surface area contributed by atoms with Crippen LogP contribution in [0.3, 0.4) is 0 Å². The second-order valence-electron chi connectivity index (χ2n) is 8.73. The predicted octanol–water partition coefficient (Wildman–Crippen LogP) is 1.64. The molecule has 1 N–H and O–H groups in total. The Hall–Kier alpha value is -2.35. The molecule has 1 saturated heterocycles. The van der Waals surface area contributed by atoms with Crippen molar-refractivity contribution < 1.29 is 24.2 Å². The number of esters is 1. The van der Waals surface area contributed by atoms with E-state index in [1.165, 1.54) is 0 Å². The quantitative estimate of drug-likeness (QED) is 0.476. The molecule has 0 radical (unpaired) electrons. The van der Waals surface area contributed by atoms with Gasteiger partial charge in [-0.25, -0.2) is 4.79 Å². The van der Waals surface area contributed by atoms with E-state index in [4.69, 9.17) is 4.74 Å². The SMILES string of the molecule is BN([C@@H](C)C(=O)N1[C@H](C(=O)O)C[C@@H]2CCC[C@@H]21)[C@@H](CCc1ccccc1)C(=O)OCC. The van der Waals surface area contributed by atoms with E-state index >= 15 is 0 Å². The maximum absolute atomic E-state index is 13.5. The second kappa shape index (κ2) is 10.3. The van der Waals surface area contributed by atoms with Crippen LogP contribution in [0.5, 0.6) is 0 Å². The Morgan fingerprint density at radius 2 is 1.97 bits per heavy atom. The number of ether oxygens (including phenoxy) is 1. The first kappa shape index (κ1) is 23.3. The number of aryl methyl sites for hydroxylation is 1. The van der Waals surface area contributed by atoms with E-state index in [0.29, 0.717) is 19.3 Å². The normalized spacial score (nSPS) is 24.6. The van der Waals surface area contributed by atoms with Gasteiger partial charge < -0.3 is 19.6 Å². The second-order valence-corrected chi connectivity index (χ2v) is 8.73. The summed E-state index contributed by atoms with van der Waals surface area (Å²) in [6, 6.07) is 7.92. The summed E-state index contributed by atoms with van der Waals surface area (Å²) in [5.41, 5.74) is 1.11. The molecule has 0 unspecified atom stereocenters. The Balaban J connectivity index is 1.75. The van der Waals surface area contributed by atoms with Gasteiger partial charge in [-0.1, -0.05) is 36.8 Å². The number of carboxylic acids is 1. The van der Waals surface area contributed by atoms with Gasteiger partial charge in [0.25, 0.3) is 0 Å². The zero-order valence-corrected chi connectivity index (χ0v) is 18.7. The molecule has 2 aliphatic rings. The maximum Gasteiger partial charge on any atom is 0.326 e. The van der Waals surface area contributed by atoms with Gasteiger partial charge in [-0.15, -0.1) is 0 Å². The molecular weight excluding hydrogens is 395 g/mol. The van der Waals surface area contributed by atoms with Crippen LogP contribution in [0.4, 0.5) is 0 Å². The molecule has 0 bridgehead atoms. The van der Waals surface area contributed by atoms with Gasteiger partial charge in [0.15, 0.2) is 7.98 Å². The summed E-state index contributed by atoms with van der Waals surface area (Å²) in [5.74, 6) is -1.24. The summed E-state index contributed by atoms with van der Waals surface area (Å²) in [6.07, 6.45) is 4.58. The number of fused-ring (bicyclic) bond motifs is 1. The number of hydrogen-bond acceptors (Lipinski definition) is 5. The Morgan fingerprint density at radius 1 is 1.26 bits per heavy atom. The van der Waals surface area contributed by atoms with Crippen molar-refractivity contribution in [2.75, 3.05) is 6.61 Å². The number of hydrogen-bond donors (Lipinski definition) is 1. The summed E-state index contributed by atoms with van der Waals surface area (Å²) in [5, 5.41) is 9.70. The number of rotatable bonds is 9. The smallest absolute Gasteiger partial charge is 0.326 e. The predicted molar refractivity (Wildman–Crippen MR) is 119 cm³/mol. The van der Waals surface area contributed by atoms with Crippen LogP contribution in [-0.2, 0) is 25.5 Å². The third kappa shape index (κ3) is 5.11. The highest BCUT2D eigenvalue weighted by Gasteiger charge is 2.50. The molecule has 1 aromatic carbocycles. The summed E-state index contributed by atoms with van der Waals surface area (Å²) in [6.45, 7) is 3.80. The monoisotopic (exact) mass is 428 g/mol. The Bertz CT molecular complexity index is 789. The van der Waals surface area contributed by atoms with Gasteiger partial charge in [-0.3, -0.25) is 9.59 Å². The fourth-order valence-corrected chi connectivity index (χ4v) is 5.16. The first-order valence-corrected chi connectivity index (χ1v) is 11.3. The molecule has 1 amide bonds. The van der Waals surface area contributed by atoms with Crippen molar-refractivity contribution >= 4 is 25.8 Å². The van der Waals surface area contributed by atoms with Gasteiger partial charge in [-0.05, 0) is 57.4 Å². The van der Waals surface area contributed by atoms with Gasteiger partial charge in [-0.2, -0.15) is 0 Å². The van der Waals surface area contributed by atoms with Gasteiger partial charge in [0.1, 0.15) is 6.04 Å². The topological polar surface area (TPSA) is 87.2 Å². The van der Waals surface area contributed by atoms with Gasteiger partial charge in [0, 0.05) is 6.04 Å². The van der Waals surface area contributed by atoms with Crippen LogP contribution < -0.4 is 0 Å². The van der Waals surface area contributed by atoms with Gasteiger partial charge >= 0.3 is 11.9 Å². The lowest BCUT2D eigenvalue weighted by atomic mass is 9.98. The minimum Gasteiger partial charge on any atom is -0.480 e. The molecule has 5 atom stereocenters. The minimum atomic E-state index is -0.941. The number of likely N-dealkylation sites (tertiary alicyclic amines) is 1. The summed E-state index contributed by atoms with van der Waals surface area (Å²) in [4.78, 5) is 41.4. The number of aliphatic carboxylic acids is 1. The molecule has 8 heteroatoms. The number of carbonyl (C=O) groups excluding carboxylic acids is 2. The van der Waals surface area contributed by atoms with Crippen LogP contribution in [0.25, 0.3) is 0 Å². The third-order valence-electron chi connectivity index (χ3n) is 6.95. The highest BCUT2D eigenvalue weighted by Crippen LogP contribution is 2.41. The number of carboxylic acid groups (broad SMARTS) is 1. The maximum atomic E-state index is 13.5. The van der Waals surface area contributed by atoms with Crippen molar-refractivity contribution in [2.24, 2.45) is 5.92 Å². The van der Waals surface area contributed by atoms with Crippen LogP contribution in [0.2, 0.25) is 0 Å². The lowest BCUT2D eigenvalue weighted by Crippen LogP contribution is -2.56. The molecule has 0 aromatic heterocycles. The number of amides is 1. The fourth-order valence-electron chi connectivity index (χ4n) is 5.16. The highest BCUT2D eigenvalue weighted by atomic mass is 16.5. The molecule has 1 aliphatic heterocycles. The number of carbonyl (C=O) groups is 3. The molecule has 1 saturated carbocycles. The summed E-state index contributed by atoms with van der Waals surface area (Å²) < 4.78 is 5.30. The summed E-state index contributed by atoms with van der Waals surface area (Å²) in [7, 11) is 1.76. The molecule has 7 nitrogen and oxygen atoms in total. The number of nitrogens with zero attached hydrogens (tertiary/aromatic N) is 2. The molecular formula is C23H33BN2O5. The molecule has 3 rings (SSSR count). The van der Waals surface area contributed by atoms with E-state index in [-0.39, 0.29) is 30.4 Å². The van der Waals surface area contributed by atoms with E-state index < -0.39 is 24.1 Å². The Labute approximate surface area is 185 Å².